The maximum Gasteiger partial charge on any atom is 0.0300 e. The first-order valence-corrected chi connectivity index (χ1v) is 6.89. The molecule has 1 aromatic heterocycles. The van der Waals surface area contributed by atoms with Gasteiger partial charge in [0, 0.05) is 12.6 Å². The maximum absolute atomic E-state index is 3.67. The molecular formula is C13H21NS. The van der Waals surface area contributed by atoms with Gasteiger partial charge in [-0.15, -0.1) is 0 Å². The SMILES string of the molecule is CC(NCC1(C)CCCC1)c1ccsc1. The summed E-state index contributed by atoms with van der Waals surface area (Å²) in [5.41, 5.74) is 1.99. The summed E-state index contributed by atoms with van der Waals surface area (Å²) in [7, 11) is 0. The zero-order valence-corrected chi connectivity index (χ0v) is 10.6. The van der Waals surface area contributed by atoms with Gasteiger partial charge in [0.1, 0.15) is 0 Å². The molecule has 0 bridgehead atoms. The van der Waals surface area contributed by atoms with Crippen LogP contribution in [0.1, 0.15) is 51.1 Å². The Labute approximate surface area is 96.9 Å². The van der Waals surface area contributed by atoms with Crippen LogP contribution in [-0.4, -0.2) is 6.54 Å². The van der Waals surface area contributed by atoms with E-state index in [1.54, 1.807) is 11.3 Å². The van der Waals surface area contributed by atoms with Gasteiger partial charge in [-0.2, -0.15) is 11.3 Å². The van der Waals surface area contributed by atoms with Gasteiger partial charge < -0.3 is 5.32 Å². The molecule has 2 rings (SSSR count). The Balaban J connectivity index is 1.83. The minimum absolute atomic E-state index is 0.508. The largest absolute Gasteiger partial charge is 0.310 e. The third kappa shape index (κ3) is 2.82. The second-order valence-corrected chi connectivity index (χ2v) is 5.96. The van der Waals surface area contributed by atoms with Crippen LogP contribution < -0.4 is 5.32 Å². The van der Waals surface area contributed by atoms with Gasteiger partial charge in [-0.1, -0.05) is 19.8 Å². The summed E-state index contributed by atoms with van der Waals surface area (Å²) in [6, 6.07) is 2.73. The molecule has 15 heavy (non-hydrogen) atoms. The average molecular weight is 223 g/mol. The summed E-state index contributed by atoms with van der Waals surface area (Å²) >= 11 is 1.79. The third-order valence-corrected chi connectivity index (χ3v) is 4.39. The van der Waals surface area contributed by atoms with Crippen LogP contribution in [0.25, 0.3) is 0 Å². The summed E-state index contributed by atoms with van der Waals surface area (Å²) < 4.78 is 0. The fourth-order valence-electron chi connectivity index (χ4n) is 2.44. The Morgan fingerprint density at radius 1 is 1.47 bits per heavy atom. The van der Waals surface area contributed by atoms with Crippen LogP contribution in [-0.2, 0) is 0 Å². The molecule has 0 amide bonds. The molecule has 2 heteroatoms. The van der Waals surface area contributed by atoms with E-state index >= 15 is 0 Å². The molecule has 0 saturated heterocycles. The van der Waals surface area contributed by atoms with Crippen molar-refractivity contribution in [1.29, 1.82) is 0 Å². The number of nitrogens with one attached hydrogen (secondary N) is 1. The van der Waals surface area contributed by atoms with E-state index in [-0.39, 0.29) is 0 Å². The molecule has 0 spiro atoms. The van der Waals surface area contributed by atoms with Gasteiger partial charge in [0.15, 0.2) is 0 Å². The van der Waals surface area contributed by atoms with Crippen LogP contribution in [0, 0.1) is 5.41 Å². The van der Waals surface area contributed by atoms with Gasteiger partial charge in [-0.05, 0) is 47.6 Å². The van der Waals surface area contributed by atoms with Crippen LogP contribution in [0.15, 0.2) is 16.8 Å². The quantitative estimate of drug-likeness (QED) is 0.814. The Hall–Kier alpha value is -0.340. The van der Waals surface area contributed by atoms with Crippen molar-refractivity contribution in [2.45, 2.75) is 45.6 Å². The average Bonchev–Trinajstić information content (AvgIpc) is 2.85. The van der Waals surface area contributed by atoms with Crippen molar-refractivity contribution in [2.24, 2.45) is 5.41 Å². The van der Waals surface area contributed by atoms with Crippen molar-refractivity contribution >= 4 is 11.3 Å². The molecule has 1 fully saturated rings. The molecule has 84 valence electrons. The molecule has 1 aliphatic rings. The van der Waals surface area contributed by atoms with E-state index in [1.807, 2.05) is 0 Å². The van der Waals surface area contributed by atoms with Gasteiger partial charge in [0.25, 0.3) is 0 Å². The van der Waals surface area contributed by atoms with Crippen molar-refractivity contribution in [3.8, 4) is 0 Å². The number of rotatable bonds is 4. The molecule has 1 saturated carbocycles. The normalized spacial score (nSPS) is 21.7. The summed E-state index contributed by atoms with van der Waals surface area (Å²) in [5.74, 6) is 0. The zero-order valence-electron chi connectivity index (χ0n) is 9.75. The second kappa shape index (κ2) is 4.67. The zero-order chi connectivity index (χ0) is 10.7. The van der Waals surface area contributed by atoms with Crippen LogP contribution in [0.3, 0.4) is 0 Å². The van der Waals surface area contributed by atoms with Gasteiger partial charge in [0.05, 0.1) is 0 Å². The molecule has 1 N–H and O–H groups in total. The van der Waals surface area contributed by atoms with E-state index in [9.17, 15) is 0 Å². The molecule has 0 aliphatic heterocycles. The lowest BCUT2D eigenvalue weighted by Gasteiger charge is -2.26. The van der Waals surface area contributed by atoms with E-state index in [2.05, 4.69) is 36.0 Å². The minimum atomic E-state index is 0.508. The van der Waals surface area contributed by atoms with Crippen LogP contribution in [0.4, 0.5) is 0 Å². The molecule has 1 atom stereocenters. The Morgan fingerprint density at radius 3 is 2.80 bits per heavy atom. The van der Waals surface area contributed by atoms with Gasteiger partial charge >= 0.3 is 0 Å². The monoisotopic (exact) mass is 223 g/mol. The van der Waals surface area contributed by atoms with Crippen LogP contribution in [0.5, 0.6) is 0 Å². The van der Waals surface area contributed by atoms with Crippen molar-refractivity contribution in [1.82, 2.24) is 5.32 Å². The first kappa shape index (κ1) is 11.2. The minimum Gasteiger partial charge on any atom is -0.310 e. The lowest BCUT2D eigenvalue weighted by atomic mass is 9.88. The van der Waals surface area contributed by atoms with E-state index in [1.165, 1.54) is 37.8 Å². The summed E-state index contributed by atoms with van der Waals surface area (Å²) in [6.07, 6.45) is 5.64. The summed E-state index contributed by atoms with van der Waals surface area (Å²) in [4.78, 5) is 0. The lowest BCUT2D eigenvalue weighted by Crippen LogP contribution is -2.31. The molecule has 1 heterocycles. The van der Waals surface area contributed by atoms with Crippen LogP contribution in [0.2, 0.25) is 0 Å². The third-order valence-electron chi connectivity index (χ3n) is 3.69. The molecule has 1 unspecified atom stereocenters. The highest BCUT2D eigenvalue weighted by Gasteiger charge is 2.28. The smallest absolute Gasteiger partial charge is 0.0300 e. The van der Waals surface area contributed by atoms with Crippen molar-refractivity contribution in [3.63, 3.8) is 0 Å². The first-order valence-electron chi connectivity index (χ1n) is 5.95. The lowest BCUT2D eigenvalue weighted by molar-refractivity contribution is 0.302. The highest BCUT2D eigenvalue weighted by molar-refractivity contribution is 7.07. The van der Waals surface area contributed by atoms with E-state index in [4.69, 9.17) is 0 Å². The van der Waals surface area contributed by atoms with E-state index < -0.39 is 0 Å². The molecule has 1 aromatic rings. The predicted molar refractivity (Wildman–Crippen MR) is 67.3 cm³/mol. The maximum atomic E-state index is 3.67. The molecule has 1 aliphatic carbocycles. The Bertz CT molecular complexity index is 285. The topological polar surface area (TPSA) is 12.0 Å². The van der Waals surface area contributed by atoms with Crippen molar-refractivity contribution < 1.29 is 0 Å². The molecule has 1 nitrogen and oxygen atoms in total. The van der Waals surface area contributed by atoms with E-state index in [0.29, 0.717) is 11.5 Å². The number of thiophene rings is 1. The van der Waals surface area contributed by atoms with Gasteiger partial charge in [-0.3, -0.25) is 0 Å². The molecule has 0 aromatic carbocycles. The van der Waals surface area contributed by atoms with Crippen molar-refractivity contribution in [3.05, 3.63) is 22.4 Å². The van der Waals surface area contributed by atoms with Gasteiger partial charge in [0.2, 0.25) is 0 Å². The predicted octanol–water partition coefficient (Wildman–Crippen LogP) is 3.98. The number of hydrogen-bond donors (Lipinski definition) is 1. The van der Waals surface area contributed by atoms with E-state index in [0.717, 1.165) is 0 Å². The molecular weight excluding hydrogens is 202 g/mol. The summed E-state index contributed by atoms with van der Waals surface area (Å²) in [5, 5.41) is 8.08. The molecule has 0 radical (unpaired) electrons. The van der Waals surface area contributed by atoms with Crippen LogP contribution >= 0.6 is 11.3 Å². The first-order chi connectivity index (χ1) is 7.20. The summed E-state index contributed by atoms with van der Waals surface area (Å²) in [6.45, 7) is 5.86. The standard InChI is InChI=1S/C13H21NS/c1-11(12-5-8-15-9-12)14-10-13(2)6-3-4-7-13/h5,8-9,11,14H,3-4,6-7,10H2,1-2H3. The highest BCUT2D eigenvalue weighted by atomic mass is 32.1. The Kier molecular flexibility index (Phi) is 3.47. The number of hydrogen-bond acceptors (Lipinski definition) is 2. The highest BCUT2D eigenvalue weighted by Crippen LogP contribution is 2.37. The fourth-order valence-corrected chi connectivity index (χ4v) is 3.20. The van der Waals surface area contributed by atoms with Gasteiger partial charge in [-0.25, -0.2) is 0 Å². The fraction of sp³-hybridized carbons (Fsp3) is 0.692. The Morgan fingerprint density at radius 2 is 2.20 bits per heavy atom. The van der Waals surface area contributed by atoms with Crippen molar-refractivity contribution in [2.75, 3.05) is 6.54 Å². The second-order valence-electron chi connectivity index (χ2n) is 5.18.